The summed E-state index contributed by atoms with van der Waals surface area (Å²) in [5.41, 5.74) is 0.554. The molecule has 1 amide bonds. The number of fused-ring (bicyclic) bond motifs is 10. The van der Waals surface area contributed by atoms with Gasteiger partial charge in [0.1, 0.15) is 11.6 Å². The van der Waals surface area contributed by atoms with Gasteiger partial charge in [0.05, 0.1) is 31.0 Å². The van der Waals surface area contributed by atoms with Crippen molar-refractivity contribution in [2.45, 2.75) is 214 Å². The summed E-state index contributed by atoms with van der Waals surface area (Å²) in [6.07, 6.45) is 18.1. The van der Waals surface area contributed by atoms with Crippen LogP contribution in [0.4, 0.5) is 0 Å². The third-order valence-electron chi connectivity index (χ3n) is 22.8. The molecule has 22 atom stereocenters. The molecule has 0 saturated heterocycles. The van der Waals surface area contributed by atoms with Gasteiger partial charge in [0.15, 0.2) is 6.49 Å². The predicted molar refractivity (Wildman–Crippen MR) is 271 cm³/mol. The van der Waals surface area contributed by atoms with Gasteiger partial charge in [0, 0.05) is 44.8 Å². The SMILES string of the molecule is C[C@H](CC(=O)CC(CCCCNC(=O)C[C@H](C)C1CCC2C3C(O)CC4C[C@H](O)CC[C@]4(C)C3CC[C@@]21C)C(=O)CCOP(C)(O)=S)C1CCC2C3C(O)CC4C[C@H](O)CC[C@]4(C)C3CC[C@@]21C. The maximum Gasteiger partial charge on any atom is 0.220 e. The van der Waals surface area contributed by atoms with Crippen molar-refractivity contribution >= 4 is 35.8 Å². The Kier molecular flexibility index (Phi) is 16.4. The fourth-order valence-corrected chi connectivity index (χ4v) is 20.0. The lowest BCUT2D eigenvalue weighted by atomic mass is 9.43. The van der Waals surface area contributed by atoms with Crippen molar-refractivity contribution < 1.29 is 44.2 Å². The van der Waals surface area contributed by atoms with Crippen LogP contribution in [0.2, 0.25) is 0 Å². The minimum absolute atomic E-state index is 0.0311. The molecule has 14 unspecified atom stereocenters. The zero-order valence-electron chi connectivity index (χ0n) is 43.2. The van der Waals surface area contributed by atoms with Crippen LogP contribution in [0.1, 0.15) is 189 Å². The summed E-state index contributed by atoms with van der Waals surface area (Å²) in [6, 6.07) is 0. The summed E-state index contributed by atoms with van der Waals surface area (Å²) in [5.74, 6) is 4.22. The van der Waals surface area contributed by atoms with E-state index in [9.17, 15) is 39.7 Å². The van der Waals surface area contributed by atoms with Gasteiger partial charge in [0.25, 0.3) is 0 Å². The van der Waals surface area contributed by atoms with Gasteiger partial charge in [-0.05, 0) is 220 Å². The van der Waals surface area contributed by atoms with Gasteiger partial charge in [-0.2, -0.15) is 0 Å². The fraction of sp³-hybridized carbons (Fsp3) is 0.946. The fourth-order valence-electron chi connectivity index (χ4n) is 19.4. The number of hydrogen-bond donors (Lipinski definition) is 6. The normalized spacial score (nSPS) is 46.3. The van der Waals surface area contributed by atoms with E-state index in [0.717, 1.165) is 103 Å². The topological polar surface area (TPSA) is 174 Å². The van der Waals surface area contributed by atoms with E-state index in [1.165, 1.54) is 6.66 Å². The summed E-state index contributed by atoms with van der Waals surface area (Å²) in [4.78, 5) is 51.3. The van der Waals surface area contributed by atoms with E-state index >= 15 is 0 Å². The van der Waals surface area contributed by atoms with Gasteiger partial charge in [-0.3, -0.25) is 14.4 Å². The number of unbranched alkanes of at least 4 members (excludes halogenated alkanes) is 1. The van der Waals surface area contributed by atoms with E-state index < -0.39 is 12.4 Å². The van der Waals surface area contributed by atoms with Gasteiger partial charge < -0.3 is 35.2 Å². The number of nitrogens with one attached hydrogen (secondary N) is 1. The number of Topliss-reactive ketones (excluding diaryl/α,β-unsaturated/α-hetero) is 2. The van der Waals surface area contributed by atoms with Crippen LogP contribution in [-0.2, 0) is 30.7 Å². The molecule has 8 fully saturated rings. The number of rotatable bonds is 18. The molecule has 12 heteroatoms. The van der Waals surface area contributed by atoms with Crippen molar-refractivity contribution in [2.75, 3.05) is 19.8 Å². The molecule has 0 aromatic heterocycles. The van der Waals surface area contributed by atoms with E-state index in [2.05, 4.69) is 46.9 Å². The van der Waals surface area contributed by atoms with Crippen molar-refractivity contribution in [3.05, 3.63) is 0 Å². The van der Waals surface area contributed by atoms with Gasteiger partial charge in [-0.15, -0.1) is 0 Å². The van der Waals surface area contributed by atoms with E-state index in [4.69, 9.17) is 16.3 Å². The monoisotopic (exact) mass is 988 g/mol. The highest BCUT2D eigenvalue weighted by Crippen LogP contribution is 2.70. The molecule has 0 aliphatic heterocycles. The Labute approximate surface area is 415 Å². The van der Waals surface area contributed by atoms with Crippen molar-refractivity contribution in [3.8, 4) is 0 Å². The second-order valence-electron chi connectivity index (χ2n) is 26.4. The number of amides is 1. The van der Waals surface area contributed by atoms with Gasteiger partial charge >= 0.3 is 0 Å². The van der Waals surface area contributed by atoms with Crippen LogP contribution in [0.15, 0.2) is 0 Å². The maximum atomic E-state index is 14.0. The zero-order chi connectivity index (χ0) is 49.1. The van der Waals surface area contributed by atoms with Crippen LogP contribution in [-0.4, -0.2) is 87.0 Å². The quantitative estimate of drug-likeness (QED) is 0.0574. The highest BCUT2D eigenvalue weighted by molar-refractivity contribution is 8.09. The number of aliphatic hydroxyl groups excluding tert-OH is 4. The molecule has 8 aliphatic carbocycles. The number of ketones is 2. The molecule has 8 aliphatic rings. The summed E-state index contributed by atoms with van der Waals surface area (Å²) in [6.45, 7) is 13.4. The largest absolute Gasteiger partial charge is 0.393 e. The van der Waals surface area contributed by atoms with Crippen molar-refractivity contribution in [3.63, 3.8) is 0 Å². The minimum atomic E-state index is -2.91. The third kappa shape index (κ3) is 10.5. The highest BCUT2D eigenvalue weighted by Gasteiger charge is 2.65. The first-order valence-electron chi connectivity index (χ1n) is 28.0. The molecule has 8 saturated carbocycles. The van der Waals surface area contributed by atoms with Gasteiger partial charge in [-0.25, -0.2) is 0 Å². The first kappa shape index (κ1) is 53.5. The Bertz CT molecular complexity index is 1860. The van der Waals surface area contributed by atoms with E-state index in [-0.39, 0.29) is 101 Å². The zero-order valence-corrected chi connectivity index (χ0v) is 44.9. The maximum absolute atomic E-state index is 14.0. The van der Waals surface area contributed by atoms with Gasteiger partial charge in [0.2, 0.25) is 5.91 Å². The molecule has 68 heavy (non-hydrogen) atoms. The molecular weight excluding hydrogens is 894 g/mol. The van der Waals surface area contributed by atoms with Crippen LogP contribution in [0.3, 0.4) is 0 Å². The lowest BCUT2D eigenvalue weighted by Crippen LogP contribution is -2.58. The second-order valence-corrected chi connectivity index (χ2v) is 30.3. The smallest absolute Gasteiger partial charge is 0.220 e. The van der Waals surface area contributed by atoms with Crippen LogP contribution in [0.25, 0.3) is 0 Å². The first-order chi connectivity index (χ1) is 32.0. The predicted octanol–water partition coefficient (Wildman–Crippen LogP) is 9.79. The Hall–Kier alpha value is -0.780. The molecule has 0 spiro atoms. The number of hydrogen-bond acceptors (Lipinski definition) is 9. The summed E-state index contributed by atoms with van der Waals surface area (Å²) in [7, 11) is 0. The molecular formula is C56H94NO9PS. The standard InChI is InChI=1S/C56H94NO9PS/c1-33(41-11-13-43-51-45(17-22-55(41,43)5)53(3)20-15-38(58)29-36(53)31-48(51)62)26-40(60)28-35(47(61)19-25-66-67(7,65)68)10-8-9-24-57-50(64)27-34(2)42-12-14-44-52-46(18-23-56(42,44)6)54(4)21-16-39(59)30-37(54)32-49(52)63/h33-39,41-46,48-49,51-52,58-59,62-63H,8-32H2,1-7H3,(H,57,64)(H,65,68)/t33-,34+,35?,36?,37?,38-,39-,41?,42?,43?,44?,45?,46?,48?,49?,51?,52?,53+,54+,55-,56-,67?/m1/s1. The molecule has 0 aromatic carbocycles. The lowest BCUT2D eigenvalue weighted by molar-refractivity contribution is -0.174. The Morgan fingerprint density at radius 3 is 1.62 bits per heavy atom. The Morgan fingerprint density at radius 1 is 0.647 bits per heavy atom. The van der Waals surface area contributed by atoms with Crippen molar-refractivity contribution in [1.82, 2.24) is 5.32 Å². The van der Waals surface area contributed by atoms with Crippen LogP contribution >= 0.6 is 6.49 Å². The van der Waals surface area contributed by atoms with Crippen molar-refractivity contribution in [2.24, 2.45) is 98.6 Å². The molecule has 8 rings (SSSR count). The molecule has 0 bridgehead atoms. The van der Waals surface area contributed by atoms with Crippen LogP contribution in [0, 0.1) is 98.6 Å². The van der Waals surface area contributed by atoms with E-state index in [1.54, 1.807) is 0 Å². The number of carbonyl (C=O) groups excluding carboxylic acids is 3. The highest BCUT2D eigenvalue weighted by atomic mass is 32.5. The molecule has 0 aromatic rings. The molecule has 0 heterocycles. The molecule has 0 radical (unpaired) electrons. The Balaban J connectivity index is 0.812. The van der Waals surface area contributed by atoms with E-state index in [1.807, 2.05) is 0 Å². The first-order valence-corrected chi connectivity index (χ1v) is 31.1. The third-order valence-corrected chi connectivity index (χ3v) is 23.8. The second kappa shape index (κ2) is 20.9. The summed E-state index contributed by atoms with van der Waals surface area (Å²) < 4.78 is 5.44. The molecule has 6 N–H and O–H groups in total. The van der Waals surface area contributed by atoms with Gasteiger partial charge in [-0.1, -0.05) is 48.0 Å². The number of aliphatic hydroxyl groups is 4. The molecule has 10 nitrogen and oxygen atoms in total. The summed E-state index contributed by atoms with van der Waals surface area (Å²) >= 11 is 5.06. The lowest BCUT2D eigenvalue weighted by Gasteiger charge is -2.62. The summed E-state index contributed by atoms with van der Waals surface area (Å²) in [5, 5.41) is 47.6. The molecule has 388 valence electrons. The van der Waals surface area contributed by atoms with E-state index in [0.29, 0.717) is 91.9 Å². The average Bonchev–Trinajstić information content (AvgIpc) is 3.80. The van der Waals surface area contributed by atoms with Crippen molar-refractivity contribution in [1.29, 1.82) is 0 Å². The minimum Gasteiger partial charge on any atom is -0.393 e. The van der Waals surface area contributed by atoms with Crippen LogP contribution < -0.4 is 5.32 Å². The average molecular weight is 988 g/mol. The Morgan fingerprint density at radius 2 is 1.12 bits per heavy atom. The van der Waals surface area contributed by atoms with Crippen LogP contribution in [0.5, 0.6) is 0 Å². The number of carbonyl (C=O) groups is 3.